The molecule has 0 atom stereocenters. The van der Waals surface area contributed by atoms with Crippen molar-refractivity contribution in [2.24, 2.45) is 5.92 Å². The zero-order valence-electron chi connectivity index (χ0n) is 11.7. The molecule has 2 aliphatic rings. The Morgan fingerprint density at radius 1 is 1.15 bits per heavy atom. The number of nitrogens with zero attached hydrogens (tertiary/aromatic N) is 2. The van der Waals surface area contributed by atoms with Crippen molar-refractivity contribution in [2.45, 2.75) is 25.7 Å². The summed E-state index contributed by atoms with van der Waals surface area (Å²) in [6, 6.07) is 1.93. The van der Waals surface area contributed by atoms with E-state index in [0.29, 0.717) is 25.4 Å². The molecule has 1 N–H and O–H groups in total. The normalized spacial score (nSPS) is 19.8. The number of aromatic amines is 1. The lowest BCUT2D eigenvalue weighted by Gasteiger charge is -2.22. The van der Waals surface area contributed by atoms with Gasteiger partial charge in [-0.15, -0.1) is 0 Å². The minimum Gasteiger partial charge on any atom is -0.367 e. The first-order chi connectivity index (χ1) is 9.74. The highest BCUT2D eigenvalue weighted by Crippen LogP contribution is 2.31. The summed E-state index contributed by atoms with van der Waals surface area (Å²) in [5.74, 6) is 0.729. The summed E-state index contributed by atoms with van der Waals surface area (Å²) >= 11 is 0. The Labute approximate surface area is 118 Å². The van der Waals surface area contributed by atoms with Gasteiger partial charge < -0.3 is 14.8 Å². The lowest BCUT2D eigenvalue weighted by Crippen LogP contribution is -2.38. The molecule has 5 heteroatoms. The third-order valence-electron chi connectivity index (χ3n) is 4.10. The van der Waals surface area contributed by atoms with Crippen LogP contribution in [0.15, 0.2) is 18.5 Å². The molecule has 0 bridgehead atoms. The Bertz CT molecular complexity index is 479. The lowest BCUT2D eigenvalue weighted by molar-refractivity contribution is -0.134. The number of aromatic nitrogens is 1. The van der Waals surface area contributed by atoms with Gasteiger partial charge in [0.1, 0.15) is 0 Å². The first kappa shape index (κ1) is 13.2. The minimum absolute atomic E-state index is 0.158. The van der Waals surface area contributed by atoms with E-state index in [2.05, 4.69) is 4.98 Å². The molecule has 1 aromatic heterocycles. The molecule has 0 spiro atoms. The Hall–Kier alpha value is -1.78. The summed E-state index contributed by atoms with van der Waals surface area (Å²) in [5, 5.41) is 0. The van der Waals surface area contributed by atoms with Crippen molar-refractivity contribution < 1.29 is 9.59 Å². The van der Waals surface area contributed by atoms with E-state index in [1.54, 1.807) is 0 Å². The Morgan fingerprint density at radius 3 is 2.60 bits per heavy atom. The molecule has 1 aromatic rings. The van der Waals surface area contributed by atoms with Crippen LogP contribution in [-0.4, -0.2) is 52.8 Å². The molecule has 2 heterocycles. The number of hydrogen-bond acceptors (Lipinski definition) is 2. The standard InChI is InChI=1S/C15H21N3O2/c19-14(10-12-4-5-16-11-12)17-6-1-7-18(9-8-17)15(20)13-2-3-13/h4-5,11,13,16H,1-3,6-10H2. The molecule has 2 amide bonds. The summed E-state index contributed by atoms with van der Waals surface area (Å²) < 4.78 is 0. The van der Waals surface area contributed by atoms with Crippen molar-refractivity contribution in [1.29, 1.82) is 0 Å². The zero-order chi connectivity index (χ0) is 13.9. The van der Waals surface area contributed by atoms with Gasteiger partial charge in [0.2, 0.25) is 11.8 Å². The summed E-state index contributed by atoms with van der Waals surface area (Å²) in [4.78, 5) is 31.1. The van der Waals surface area contributed by atoms with Crippen LogP contribution in [-0.2, 0) is 16.0 Å². The van der Waals surface area contributed by atoms with Crippen LogP contribution in [0.4, 0.5) is 0 Å². The number of nitrogens with one attached hydrogen (secondary N) is 1. The third-order valence-corrected chi connectivity index (χ3v) is 4.10. The van der Waals surface area contributed by atoms with Gasteiger partial charge in [0, 0.05) is 44.5 Å². The smallest absolute Gasteiger partial charge is 0.227 e. The van der Waals surface area contributed by atoms with Gasteiger partial charge in [0.25, 0.3) is 0 Å². The molecule has 0 radical (unpaired) electrons. The van der Waals surface area contributed by atoms with E-state index >= 15 is 0 Å². The molecule has 1 saturated heterocycles. The zero-order valence-corrected chi connectivity index (χ0v) is 11.7. The van der Waals surface area contributed by atoms with Crippen LogP contribution in [0.3, 0.4) is 0 Å². The van der Waals surface area contributed by atoms with E-state index in [4.69, 9.17) is 0 Å². The van der Waals surface area contributed by atoms with Gasteiger partial charge in [-0.25, -0.2) is 0 Å². The molecular weight excluding hydrogens is 254 g/mol. The Kier molecular flexibility index (Phi) is 3.76. The minimum atomic E-state index is 0.158. The van der Waals surface area contributed by atoms with E-state index in [0.717, 1.165) is 37.9 Å². The van der Waals surface area contributed by atoms with Crippen molar-refractivity contribution >= 4 is 11.8 Å². The van der Waals surface area contributed by atoms with Gasteiger partial charge in [0.05, 0.1) is 6.42 Å². The van der Waals surface area contributed by atoms with E-state index < -0.39 is 0 Å². The largest absolute Gasteiger partial charge is 0.367 e. The van der Waals surface area contributed by atoms with Crippen molar-refractivity contribution in [2.75, 3.05) is 26.2 Å². The Morgan fingerprint density at radius 2 is 1.90 bits per heavy atom. The van der Waals surface area contributed by atoms with Crippen molar-refractivity contribution in [1.82, 2.24) is 14.8 Å². The molecule has 20 heavy (non-hydrogen) atoms. The molecule has 0 aromatic carbocycles. The summed E-state index contributed by atoms with van der Waals surface area (Å²) in [6.07, 6.45) is 7.12. The number of carbonyl (C=O) groups is 2. The quantitative estimate of drug-likeness (QED) is 0.895. The first-order valence-corrected chi connectivity index (χ1v) is 7.42. The van der Waals surface area contributed by atoms with Gasteiger partial charge in [-0.05, 0) is 30.9 Å². The molecule has 3 rings (SSSR count). The monoisotopic (exact) mass is 275 g/mol. The number of hydrogen-bond donors (Lipinski definition) is 1. The third kappa shape index (κ3) is 3.03. The fraction of sp³-hybridized carbons (Fsp3) is 0.600. The second-order valence-electron chi connectivity index (χ2n) is 5.73. The van der Waals surface area contributed by atoms with Crippen LogP contribution >= 0.6 is 0 Å². The highest BCUT2D eigenvalue weighted by Gasteiger charge is 2.34. The van der Waals surface area contributed by atoms with Crippen LogP contribution in [0.5, 0.6) is 0 Å². The summed E-state index contributed by atoms with van der Waals surface area (Å²) in [7, 11) is 0. The topological polar surface area (TPSA) is 56.4 Å². The van der Waals surface area contributed by atoms with E-state index in [9.17, 15) is 9.59 Å². The van der Waals surface area contributed by atoms with Crippen LogP contribution in [0.2, 0.25) is 0 Å². The molecule has 5 nitrogen and oxygen atoms in total. The second-order valence-corrected chi connectivity index (χ2v) is 5.73. The maximum absolute atomic E-state index is 12.2. The van der Waals surface area contributed by atoms with Crippen molar-refractivity contribution in [3.63, 3.8) is 0 Å². The number of amides is 2. The van der Waals surface area contributed by atoms with Gasteiger partial charge in [-0.1, -0.05) is 0 Å². The average molecular weight is 275 g/mol. The molecule has 1 aliphatic carbocycles. The highest BCUT2D eigenvalue weighted by atomic mass is 16.2. The molecule has 1 saturated carbocycles. The second kappa shape index (κ2) is 5.69. The van der Waals surface area contributed by atoms with E-state index in [-0.39, 0.29) is 11.8 Å². The summed E-state index contributed by atoms with van der Waals surface area (Å²) in [5.41, 5.74) is 1.02. The van der Waals surface area contributed by atoms with Gasteiger partial charge >= 0.3 is 0 Å². The molecule has 0 unspecified atom stereocenters. The Balaban J connectivity index is 1.53. The molecule has 2 fully saturated rings. The van der Waals surface area contributed by atoms with E-state index in [1.165, 1.54) is 0 Å². The van der Waals surface area contributed by atoms with Crippen LogP contribution < -0.4 is 0 Å². The SMILES string of the molecule is O=C(Cc1cc[nH]c1)N1CCCN(C(=O)C2CC2)CC1. The average Bonchev–Trinajstić information content (AvgIpc) is 3.22. The first-order valence-electron chi connectivity index (χ1n) is 7.42. The van der Waals surface area contributed by atoms with Crippen LogP contribution in [0.1, 0.15) is 24.8 Å². The number of rotatable bonds is 3. The molecule has 108 valence electrons. The fourth-order valence-electron chi connectivity index (χ4n) is 2.73. The maximum Gasteiger partial charge on any atom is 0.227 e. The fourth-order valence-corrected chi connectivity index (χ4v) is 2.73. The predicted molar refractivity (Wildman–Crippen MR) is 75.0 cm³/mol. The van der Waals surface area contributed by atoms with Gasteiger partial charge in [-0.3, -0.25) is 9.59 Å². The molecule has 1 aliphatic heterocycles. The van der Waals surface area contributed by atoms with Crippen molar-refractivity contribution in [3.05, 3.63) is 24.0 Å². The van der Waals surface area contributed by atoms with Crippen LogP contribution in [0, 0.1) is 5.92 Å². The maximum atomic E-state index is 12.2. The van der Waals surface area contributed by atoms with Gasteiger partial charge in [-0.2, -0.15) is 0 Å². The van der Waals surface area contributed by atoms with Gasteiger partial charge in [0.15, 0.2) is 0 Å². The van der Waals surface area contributed by atoms with Crippen LogP contribution in [0.25, 0.3) is 0 Å². The number of carbonyl (C=O) groups excluding carboxylic acids is 2. The highest BCUT2D eigenvalue weighted by molar-refractivity contribution is 5.81. The number of H-pyrrole nitrogens is 1. The predicted octanol–water partition coefficient (Wildman–Crippen LogP) is 1.03. The summed E-state index contributed by atoms with van der Waals surface area (Å²) in [6.45, 7) is 2.91. The lowest BCUT2D eigenvalue weighted by atomic mass is 10.2. The van der Waals surface area contributed by atoms with E-state index in [1.807, 2.05) is 28.3 Å². The molecular formula is C15H21N3O2. The van der Waals surface area contributed by atoms with Crippen molar-refractivity contribution in [3.8, 4) is 0 Å².